The van der Waals surface area contributed by atoms with E-state index in [9.17, 15) is 19.6 Å². The third-order valence-corrected chi connectivity index (χ3v) is 6.65. The van der Waals surface area contributed by atoms with Crippen LogP contribution in [0.3, 0.4) is 0 Å². The minimum atomic E-state index is -4.17. The van der Waals surface area contributed by atoms with E-state index in [1.54, 1.807) is 0 Å². The van der Waals surface area contributed by atoms with Crippen LogP contribution in [-0.2, 0) is 22.9 Å². The molecule has 0 fully saturated rings. The van der Waals surface area contributed by atoms with Crippen LogP contribution in [0.2, 0.25) is 0 Å². The number of aliphatic hydroxyl groups is 1. The third kappa shape index (κ3) is 21.7. The van der Waals surface area contributed by atoms with Crippen LogP contribution >= 0.6 is 7.82 Å². The van der Waals surface area contributed by atoms with Gasteiger partial charge < -0.3 is 20.2 Å². The lowest BCUT2D eigenvalue weighted by Crippen LogP contribution is -2.43. The number of quaternary nitrogens is 1. The van der Waals surface area contributed by atoms with Gasteiger partial charge in [0.2, 0.25) is 0 Å². The molecule has 0 aliphatic carbocycles. The number of carboxylic acids is 1. The highest BCUT2D eigenvalue weighted by molar-refractivity contribution is 7.48. The van der Waals surface area contributed by atoms with Crippen molar-refractivity contribution in [2.75, 3.05) is 34.3 Å². The maximum atomic E-state index is 13.1. The predicted octanol–water partition coefficient (Wildman–Crippen LogP) is 5.72. The smallest absolute Gasteiger partial charge is 0.477 e. The van der Waals surface area contributed by atoms with Crippen LogP contribution in [0.5, 0.6) is 0 Å². The van der Waals surface area contributed by atoms with Gasteiger partial charge >= 0.3 is 13.8 Å². The van der Waals surface area contributed by atoms with E-state index >= 15 is 0 Å². The second-order valence-corrected chi connectivity index (χ2v) is 11.3. The first kappa shape index (κ1) is 35.4. The van der Waals surface area contributed by atoms with E-state index in [1.165, 1.54) is 57.8 Å². The van der Waals surface area contributed by atoms with E-state index in [4.69, 9.17) is 13.6 Å². The molecule has 0 aliphatic heterocycles. The fourth-order valence-electron chi connectivity index (χ4n) is 3.50. The molecule has 2 unspecified atom stereocenters. The molecule has 0 amide bonds. The van der Waals surface area contributed by atoms with E-state index in [0.717, 1.165) is 18.9 Å². The van der Waals surface area contributed by atoms with Gasteiger partial charge in [-0.3, -0.25) is 18.4 Å². The molecule has 0 aromatic rings. The largest absolute Gasteiger partial charge is 0.870 e. The maximum absolute atomic E-state index is 13.1. The molecule has 0 aromatic carbocycles. The van der Waals surface area contributed by atoms with E-state index in [0.29, 0.717) is 10.9 Å². The van der Waals surface area contributed by atoms with E-state index in [2.05, 4.69) is 13.5 Å². The molecule has 0 radical (unpaired) electrons. The molecule has 3 atom stereocenters. The summed E-state index contributed by atoms with van der Waals surface area (Å²) in [6.07, 6.45) is 12.6. The first-order chi connectivity index (χ1) is 15.5. The molecule has 204 valence electrons. The van der Waals surface area contributed by atoms with Crippen molar-refractivity contribution in [2.45, 2.75) is 103 Å². The lowest BCUT2D eigenvalue weighted by molar-refractivity contribution is -0.873. The monoisotopic (exact) mass is 511 g/mol. The Morgan fingerprint density at radius 2 is 1.41 bits per heavy atom. The number of hydrogen-bond acceptors (Lipinski definition) is 7. The molecule has 34 heavy (non-hydrogen) atoms. The van der Waals surface area contributed by atoms with Gasteiger partial charge in [0.15, 0.2) is 6.29 Å². The minimum absolute atomic E-state index is 0. The summed E-state index contributed by atoms with van der Waals surface area (Å²) in [5.41, 5.74) is 0. The summed E-state index contributed by atoms with van der Waals surface area (Å²) in [6, 6.07) is 0. The predicted molar refractivity (Wildman–Crippen MR) is 134 cm³/mol. The fourth-order valence-corrected chi connectivity index (χ4v) is 4.88. The Kier molecular flexibility index (Phi) is 21.2. The summed E-state index contributed by atoms with van der Waals surface area (Å²) in [6.45, 7) is 6.06. The average Bonchev–Trinajstić information content (AvgIpc) is 2.69. The topological polar surface area (TPSA) is 132 Å². The van der Waals surface area contributed by atoms with Gasteiger partial charge in [-0.2, -0.15) is 0 Å². The molecule has 0 aliphatic rings. The number of hydrogen-bond donors (Lipinski definition) is 2. The number of rotatable bonds is 23. The summed E-state index contributed by atoms with van der Waals surface area (Å²) in [5.74, 6) is -1.08. The van der Waals surface area contributed by atoms with Crippen molar-refractivity contribution in [3.8, 4) is 0 Å². The first-order valence-electron chi connectivity index (χ1n) is 12.5. The standard InChI is InChI=1S/C24H48NO7P.H2O/c1-6-8-9-10-11-12-13-14-15-16-17-18-19-30-33(29,32-24(28)7-2)31-22(20-23(26)27)21-25(3,4)5;/h7,22,24,28H,2,6,8-21H2,1,3-5H3;1H2/t22?,24-,33?;/m1./s1. The highest BCUT2D eigenvalue weighted by Crippen LogP contribution is 2.52. The van der Waals surface area contributed by atoms with Crippen LogP contribution in [0.25, 0.3) is 0 Å². The Labute approximate surface area is 207 Å². The van der Waals surface area contributed by atoms with Gasteiger partial charge in [-0.05, 0) is 12.5 Å². The summed E-state index contributed by atoms with van der Waals surface area (Å²) >= 11 is 0. The molecule has 10 heteroatoms. The molecule has 9 nitrogen and oxygen atoms in total. The molecule has 0 bridgehead atoms. The lowest BCUT2D eigenvalue weighted by atomic mass is 10.1. The summed E-state index contributed by atoms with van der Waals surface area (Å²) < 4.78 is 29.5. The van der Waals surface area contributed by atoms with Crippen LogP contribution in [-0.4, -0.2) is 72.8 Å². The maximum Gasteiger partial charge on any atom is 0.477 e. The second kappa shape index (κ2) is 20.4. The van der Waals surface area contributed by atoms with Gasteiger partial charge in [-0.25, -0.2) is 4.57 Å². The van der Waals surface area contributed by atoms with Crippen LogP contribution in [0.15, 0.2) is 12.7 Å². The van der Waals surface area contributed by atoms with Crippen LogP contribution in [0, 0.1) is 0 Å². The van der Waals surface area contributed by atoms with Crippen LogP contribution in [0.1, 0.15) is 90.4 Å². The highest BCUT2D eigenvalue weighted by atomic mass is 31.2. The van der Waals surface area contributed by atoms with Gasteiger partial charge in [0.05, 0.1) is 34.2 Å². The quantitative estimate of drug-likeness (QED) is 0.0585. The Hall–Kier alpha value is -0.800. The minimum Gasteiger partial charge on any atom is -0.870 e. The zero-order valence-corrected chi connectivity index (χ0v) is 22.7. The zero-order valence-electron chi connectivity index (χ0n) is 21.8. The molecule has 0 saturated carbocycles. The summed E-state index contributed by atoms with van der Waals surface area (Å²) in [4.78, 5) is 11.2. The van der Waals surface area contributed by atoms with Crippen molar-refractivity contribution in [3.05, 3.63) is 12.7 Å². The Bertz CT molecular complexity index is 568. The molecule has 0 saturated heterocycles. The number of nitrogens with zero attached hydrogens (tertiary/aromatic N) is 1. The van der Waals surface area contributed by atoms with Gasteiger partial charge in [-0.15, -0.1) is 0 Å². The van der Waals surface area contributed by atoms with Gasteiger partial charge in [0.25, 0.3) is 0 Å². The number of phosphoric acid groups is 1. The average molecular weight is 512 g/mol. The van der Waals surface area contributed by atoms with Crippen molar-refractivity contribution in [1.82, 2.24) is 0 Å². The first-order valence-corrected chi connectivity index (χ1v) is 13.9. The van der Waals surface area contributed by atoms with E-state index in [1.807, 2.05) is 21.1 Å². The number of aliphatic hydroxyl groups excluding tert-OH is 1. The van der Waals surface area contributed by atoms with Gasteiger partial charge in [-0.1, -0.05) is 84.1 Å². The Balaban J connectivity index is 0. The fraction of sp³-hybridized carbons (Fsp3) is 0.875. The molecular formula is C24H50NO8P. The van der Waals surface area contributed by atoms with Crippen LogP contribution < -0.4 is 0 Å². The normalized spacial score (nSPS) is 15.2. The number of unbranched alkanes of at least 4 members (excludes halogenated alkanes) is 11. The molecule has 3 N–H and O–H groups in total. The number of likely N-dealkylation sites (N-methyl/N-ethyl adjacent to an activating group) is 1. The lowest BCUT2D eigenvalue weighted by Gasteiger charge is -2.30. The van der Waals surface area contributed by atoms with Gasteiger partial charge in [0, 0.05) is 0 Å². The molecule has 0 aromatic heterocycles. The number of carboxylic acid groups (broad SMARTS) is 1. The molecule has 0 rings (SSSR count). The molecule has 0 spiro atoms. The second-order valence-electron chi connectivity index (χ2n) is 9.70. The Morgan fingerprint density at radius 1 is 0.941 bits per heavy atom. The van der Waals surface area contributed by atoms with Crippen molar-refractivity contribution < 1.29 is 43.1 Å². The molecular weight excluding hydrogens is 461 g/mol. The highest BCUT2D eigenvalue weighted by Gasteiger charge is 2.36. The van der Waals surface area contributed by atoms with Crippen LogP contribution in [0.4, 0.5) is 0 Å². The summed E-state index contributed by atoms with van der Waals surface area (Å²) in [7, 11) is 1.45. The van der Waals surface area contributed by atoms with Crippen molar-refractivity contribution >= 4 is 13.8 Å². The van der Waals surface area contributed by atoms with Crippen molar-refractivity contribution in [2.24, 2.45) is 0 Å². The molecule has 0 heterocycles. The number of carbonyl (C=O) groups is 1. The van der Waals surface area contributed by atoms with E-state index in [-0.39, 0.29) is 25.0 Å². The third-order valence-electron chi connectivity index (χ3n) is 5.12. The summed E-state index contributed by atoms with van der Waals surface area (Å²) in [5, 5.41) is 18.9. The van der Waals surface area contributed by atoms with Crippen molar-refractivity contribution in [1.29, 1.82) is 0 Å². The van der Waals surface area contributed by atoms with Gasteiger partial charge in [0.1, 0.15) is 12.6 Å². The zero-order chi connectivity index (χ0) is 25.2. The number of aliphatic carboxylic acids is 1. The van der Waals surface area contributed by atoms with Crippen molar-refractivity contribution in [3.63, 3.8) is 0 Å². The van der Waals surface area contributed by atoms with E-state index < -0.39 is 26.2 Å². The SMILES string of the molecule is C=C[C@H](O)OP(=O)(OCCCCCCCCCCCCCC)OC(CC(=O)O)C[N+](C)(C)C.[OH-]. The number of phosphoric ester groups is 1. The Morgan fingerprint density at radius 3 is 1.82 bits per heavy atom.